The normalized spacial score (nSPS) is 30.6. The number of rotatable bonds is 7. The monoisotopic (exact) mass is 229 g/mol. The first-order valence-electron chi connectivity index (χ1n) is 6.51. The average molecular weight is 229 g/mol. The highest BCUT2D eigenvalue weighted by atomic mass is 16.5. The van der Waals surface area contributed by atoms with Gasteiger partial charge >= 0.3 is 0 Å². The molecule has 0 radical (unpaired) electrons. The maximum absolute atomic E-state index is 5.55. The zero-order chi connectivity index (χ0) is 11.8. The van der Waals surface area contributed by atoms with Crippen molar-refractivity contribution in [1.29, 1.82) is 0 Å². The summed E-state index contributed by atoms with van der Waals surface area (Å²) >= 11 is 0. The van der Waals surface area contributed by atoms with Crippen LogP contribution < -0.4 is 5.32 Å². The Balaban J connectivity index is 2.16. The van der Waals surface area contributed by atoms with Gasteiger partial charge in [-0.15, -0.1) is 0 Å². The van der Waals surface area contributed by atoms with Crippen molar-refractivity contribution in [2.75, 3.05) is 34.0 Å². The number of methoxy groups -OCH3 is 1. The van der Waals surface area contributed by atoms with E-state index in [0.717, 1.165) is 25.0 Å². The van der Waals surface area contributed by atoms with Gasteiger partial charge < -0.3 is 14.8 Å². The lowest BCUT2D eigenvalue weighted by Crippen LogP contribution is -2.38. The third kappa shape index (κ3) is 4.81. The first-order chi connectivity index (χ1) is 7.77. The van der Waals surface area contributed by atoms with Crippen molar-refractivity contribution in [3.05, 3.63) is 0 Å². The largest absolute Gasteiger partial charge is 0.382 e. The maximum Gasteiger partial charge on any atom is 0.0700 e. The van der Waals surface area contributed by atoms with Crippen molar-refractivity contribution in [3.8, 4) is 0 Å². The first kappa shape index (κ1) is 13.9. The van der Waals surface area contributed by atoms with Crippen LogP contribution in [-0.2, 0) is 9.47 Å². The second kappa shape index (κ2) is 8.04. The molecule has 1 aliphatic rings. The molecule has 0 aliphatic heterocycles. The summed E-state index contributed by atoms with van der Waals surface area (Å²) in [4.78, 5) is 0. The predicted molar refractivity (Wildman–Crippen MR) is 66.7 cm³/mol. The molecule has 1 N–H and O–H groups in total. The highest BCUT2D eigenvalue weighted by Crippen LogP contribution is 2.30. The SMILES string of the molecule is CNC1CCC(C)CC1CCOCCOC. The smallest absolute Gasteiger partial charge is 0.0700 e. The third-order valence-corrected chi connectivity index (χ3v) is 3.68. The second-order valence-electron chi connectivity index (χ2n) is 4.97. The van der Waals surface area contributed by atoms with Crippen molar-refractivity contribution in [1.82, 2.24) is 5.32 Å². The first-order valence-corrected chi connectivity index (χ1v) is 6.51. The molecule has 1 aliphatic carbocycles. The summed E-state index contributed by atoms with van der Waals surface area (Å²) in [6, 6.07) is 0.697. The molecule has 1 rings (SSSR count). The van der Waals surface area contributed by atoms with Crippen LogP contribution >= 0.6 is 0 Å². The number of ether oxygens (including phenoxy) is 2. The van der Waals surface area contributed by atoms with Crippen molar-refractivity contribution in [3.63, 3.8) is 0 Å². The van der Waals surface area contributed by atoms with Crippen LogP contribution in [-0.4, -0.2) is 40.0 Å². The second-order valence-corrected chi connectivity index (χ2v) is 4.97. The highest BCUT2D eigenvalue weighted by Gasteiger charge is 2.26. The lowest BCUT2D eigenvalue weighted by atomic mass is 9.77. The van der Waals surface area contributed by atoms with E-state index in [1.165, 1.54) is 25.7 Å². The molecule has 0 bridgehead atoms. The highest BCUT2D eigenvalue weighted by molar-refractivity contribution is 4.82. The third-order valence-electron chi connectivity index (χ3n) is 3.68. The number of nitrogens with one attached hydrogen (secondary N) is 1. The number of hydrogen-bond acceptors (Lipinski definition) is 3. The van der Waals surface area contributed by atoms with Crippen LogP contribution in [0.3, 0.4) is 0 Å². The van der Waals surface area contributed by atoms with E-state index in [2.05, 4.69) is 19.3 Å². The Morgan fingerprint density at radius 1 is 1.19 bits per heavy atom. The minimum atomic E-state index is 0.697. The molecule has 3 heteroatoms. The molecule has 0 aromatic carbocycles. The summed E-state index contributed by atoms with van der Waals surface area (Å²) < 4.78 is 10.5. The molecule has 16 heavy (non-hydrogen) atoms. The summed E-state index contributed by atoms with van der Waals surface area (Å²) in [6.07, 6.45) is 5.21. The van der Waals surface area contributed by atoms with Crippen LogP contribution in [0.25, 0.3) is 0 Å². The van der Waals surface area contributed by atoms with Gasteiger partial charge in [-0.3, -0.25) is 0 Å². The molecule has 1 fully saturated rings. The van der Waals surface area contributed by atoms with Crippen molar-refractivity contribution in [2.24, 2.45) is 11.8 Å². The Hall–Kier alpha value is -0.120. The van der Waals surface area contributed by atoms with E-state index in [1.807, 2.05) is 0 Å². The summed E-state index contributed by atoms with van der Waals surface area (Å²) in [5.74, 6) is 1.67. The predicted octanol–water partition coefficient (Wildman–Crippen LogP) is 2.06. The van der Waals surface area contributed by atoms with Crippen molar-refractivity contribution in [2.45, 2.75) is 38.6 Å². The van der Waals surface area contributed by atoms with Crippen LogP contribution in [0.2, 0.25) is 0 Å². The van der Waals surface area contributed by atoms with Gasteiger partial charge in [-0.2, -0.15) is 0 Å². The Kier molecular flexibility index (Phi) is 7.01. The van der Waals surface area contributed by atoms with Crippen molar-refractivity contribution >= 4 is 0 Å². The molecule has 0 aromatic rings. The van der Waals surface area contributed by atoms with Crippen LogP contribution in [0, 0.1) is 11.8 Å². The molecular weight excluding hydrogens is 202 g/mol. The van der Waals surface area contributed by atoms with E-state index in [1.54, 1.807) is 7.11 Å². The molecular formula is C13H27NO2. The number of hydrogen-bond donors (Lipinski definition) is 1. The van der Waals surface area contributed by atoms with Crippen LogP contribution in [0.5, 0.6) is 0 Å². The van der Waals surface area contributed by atoms with E-state index in [4.69, 9.17) is 9.47 Å². The average Bonchev–Trinajstić information content (AvgIpc) is 2.29. The summed E-state index contributed by atoms with van der Waals surface area (Å²) in [6.45, 7) is 4.67. The molecule has 3 atom stereocenters. The van der Waals surface area contributed by atoms with Gasteiger partial charge in [0.25, 0.3) is 0 Å². The van der Waals surface area contributed by atoms with E-state index in [9.17, 15) is 0 Å². The van der Waals surface area contributed by atoms with E-state index in [-0.39, 0.29) is 0 Å². The Bertz CT molecular complexity index is 175. The van der Waals surface area contributed by atoms with Gasteiger partial charge in [0.05, 0.1) is 13.2 Å². The molecule has 3 nitrogen and oxygen atoms in total. The van der Waals surface area contributed by atoms with E-state index in [0.29, 0.717) is 12.6 Å². The summed E-state index contributed by atoms with van der Waals surface area (Å²) in [5, 5.41) is 3.45. The van der Waals surface area contributed by atoms with Gasteiger partial charge in [0, 0.05) is 19.8 Å². The summed E-state index contributed by atoms with van der Waals surface area (Å²) in [5.41, 5.74) is 0. The topological polar surface area (TPSA) is 30.5 Å². The molecule has 0 heterocycles. The van der Waals surface area contributed by atoms with Gasteiger partial charge in [0.15, 0.2) is 0 Å². The maximum atomic E-state index is 5.55. The molecule has 0 aromatic heterocycles. The van der Waals surface area contributed by atoms with Gasteiger partial charge in [-0.1, -0.05) is 6.92 Å². The molecule has 3 unspecified atom stereocenters. The molecule has 96 valence electrons. The van der Waals surface area contributed by atoms with Gasteiger partial charge in [-0.05, 0) is 44.6 Å². The van der Waals surface area contributed by atoms with Crippen LogP contribution in [0.4, 0.5) is 0 Å². The quantitative estimate of drug-likeness (QED) is 0.678. The zero-order valence-electron chi connectivity index (χ0n) is 11.0. The molecule has 0 saturated heterocycles. The fourth-order valence-electron chi connectivity index (χ4n) is 2.68. The summed E-state index contributed by atoms with van der Waals surface area (Å²) in [7, 11) is 3.79. The van der Waals surface area contributed by atoms with E-state index >= 15 is 0 Å². The molecule has 0 amide bonds. The molecule has 0 spiro atoms. The van der Waals surface area contributed by atoms with Crippen LogP contribution in [0.1, 0.15) is 32.6 Å². The van der Waals surface area contributed by atoms with Gasteiger partial charge in [0.1, 0.15) is 0 Å². The van der Waals surface area contributed by atoms with Gasteiger partial charge in [-0.25, -0.2) is 0 Å². The van der Waals surface area contributed by atoms with Gasteiger partial charge in [0.2, 0.25) is 0 Å². The Morgan fingerprint density at radius 2 is 2.00 bits per heavy atom. The zero-order valence-corrected chi connectivity index (χ0v) is 11.0. The minimum Gasteiger partial charge on any atom is -0.382 e. The lowest BCUT2D eigenvalue weighted by Gasteiger charge is -2.34. The van der Waals surface area contributed by atoms with E-state index < -0.39 is 0 Å². The Labute approximate surface area is 99.9 Å². The van der Waals surface area contributed by atoms with Crippen LogP contribution in [0.15, 0.2) is 0 Å². The standard InChI is InChI=1S/C13H27NO2/c1-11-4-5-13(14-2)12(10-11)6-7-16-9-8-15-3/h11-14H,4-10H2,1-3H3. The minimum absolute atomic E-state index is 0.697. The Morgan fingerprint density at radius 3 is 2.69 bits per heavy atom. The molecule has 1 saturated carbocycles. The van der Waals surface area contributed by atoms with Crippen molar-refractivity contribution < 1.29 is 9.47 Å². The fraction of sp³-hybridized carbons (Fsp3) is 1.00. The fourth-order valence-corrected chi connectivity index (χ4v) is 2.68. The lowest BCUT2D eigenvalue weighted by molar-refractivity contribution is 0.0557.